The molecule has 1 heterocycles. The number of nitrogens with zero attached hydrogens (tertiary/aromatic N) is 1. The first kappa shape index (κ1) is 8.44. The minimum Gasteiger partial charge on any atom is -0.321 e. The number of fused-ring (bicyclic) bond motifs is 1. The molecule has 0 radical (unpaired) electrons. The molecule has 1 aromatic carbocycles. The topological polar surface area (TPSA) is 86.2 Å². The zero-order chi connectivity index (χ0) is 9.47. The van der Waals surface area contributed by atoms with Crippen molar-refractivity contribution in [2.24, 2.45) is 0 Å². The van der Waals surface area contributed by atoms with Crippen LogP contribution in [-0.2, 0) is 4.57 Å². The van der Waals surface area contributed by atoms with E-state index >= 15 is 0 Å². The lowest BCUT2D eigenvalue weighted by molar-refractivity contribution is 0.387. The summed E-state index contributed by atoms with van der Waals surface area (Å²) in [6.45, 7) is 0. The van der Waals surface area contributed by atoms with Crippen molar-refractivity contribution >= 4 is 23.8 Å². The standard InChI is InChI=1S/C7H7N2O3P/c10-13(11,12)6-1-2-7-5(3-6)4-8-9-7/h1-4H,(H,8,9)(H2,10,11,12). The molecule has 0 saturated heterocycles. The van der Waals surface area contributed by atoms with Crippen molar-refractivity contribution in [2.45, 2.75) is 0 Å². The van der Waals surface area contributed by atoms with E-state index in [1.54, 1.807) is 6.07 Å². The molecule has 0 aliphatic rings. The molecule has 0 saturated carbocycles. The molecule has 0 unspecified atom stereocenters. The lowest BCUT2D eigenvalue weighted by Gasteiger charge is -2.02. The Kier molecular flexibility index (Phi) is 1.73. The molecular weight excluding hydrogens is 191 g/mol. The molecule has 0 fully saturated rings. The van der Waals surface area contributed by atoms with Crippen LogP contribution in [0.3, 0.4) is 0 Å². The number of hydrogen-bond acceptors (Lipinski definition) is 2. The third-order valence-corrected chi connectivity index (χ3v) is 2.71. The summed E-state index contributed by atoms with van der Waals surface area (Å²) >= 11 is 0. The first-order valence-corrected chi connectivity index (χ1v) is 5.18. The lowest BCUT2D eigenvalue weighted by Crippen LogP contribution is -2.02. The number of benzene rings is 1. The van der Waals surface area contributed by atoms with Gasteiger partial charge in [-0.05, 0) is 18.2 Å². The van der Waals surface area contributed by atoms with E-state index in [9.17, 15) is 4.57 Å². The molecule has 0 aliphatic carbocycles. The van der Waals surface area contributed by atoms with Crippen LogP contribution in [0.25, 0.3) is 10.9 Å². The second-order valence-electron chi connectivity index (χ2n) is 2.69. The Hall–Kier alpha value is -1.16. The predicted octanol–water partition coefficient (Wildman–Crippen LogP) is 0.366. The Morgan fingerprint density at radius 1 is 1.38 bits per heavy atom. The monoisotopic (exact) mass is 198 g/mol. The molecule has 13 heavy (non-hydrogen) atoms. The van der Waals surface area contributed by atoms with E-state index in [-0.39, 0.29) is 5.30 Å². The second-order valence-corrected chi connectivity index (χ2v) is 4.29. The average molecular weight is 198 g/mol. The summed E-state index contributed by atoms with van der Waals surface area (Å²) in [6, 6.07) is 4.41. The molecule has 0 bridgehead atoms. The molecule has 2 rings (SSSR count). The van der Waals surface area contributed by atoms with Crippen LogP contribution >= 0.6 is 7.60 Å². The van der Waals surface area contributed by atoms with Crippen LogP contribution in [0.4, 0.5) is 0 Å². The quantitative estimate of drug-likeness (QED) is 0.577. The van der Waals surface area contributed by atoms with E-state index in [2.05, 4.69) is 10.2 Å². The fourth-order valence-corrected chi connectivity index (χ4v) is 1.69. The lowest BCUT2D eigenvalue weighted by atomic mass is 10.3. The van der Waals surface area contributed by atoms with Crippen LogP contribution in [0.15, 0.2) is 24.4 Å². The van der Waals surface area contributed by atoms with Crippen LogP contribution < -0.4 is 5.30 Å². The molecule has 0 spiro atoms. The summed E-state index contributed by atoms with van der Waals surface area (Å²) in [5.41, 5.74) is 0.761. The van der Waals surface area contributed by atoms with Gasteiger partial charge >= 0.3 is 7.60 Å². The van der Waals surface area contributed by atoms with Gasteiger partial charge in [0.05, 0.1) is 17.0 Å². The summed E-state index contributed by atoms with van der Waals surface area (Å²) in [6.07, 6.45) is 1.52. The van der Waals surface area contributed by atoms with Gasteiger partial charge in [-0.3, -0.25) is 9.66 Å². The van der Waals surface area contributed by atoms with Gasteiger partial charge in [-0.1, -0.05) is 0 Å². The zero-order valence-electron chi connectivity index (χ0n) is 6.51. The maximum absolute atomic E-state index is 10.9. The largest absolute Gasteiger partial charge is 0.356 e. The molecule has 5 nitrogen and oxygen atoms in total. The third-order valence-electron chi connectivity index (χ3n) is 1.76. The number of hydrogen-bond donors (Lipinski definition) is 3. The first-order valence-electron chi connectivity index (χ1n) is 3.56. The number of nitrogens with one attached hydrogen (secondary N) is 1. The molecule has 6 heteroatoms. The van der Waals surface area contributed by atoms with Crippen LogP contribution in [-0.4, -0.2) is 20.0 Å². The van der Waals surface area contributed by atoms with Crippen molar-refractivity contribution in [3.05, 3.63) is 24.4 Å². The van der Waals surface area contributed by atoms with Crippen LogP contribution in [0, 0.1) is 0 Å². The zero-order valence-corrected chi connectivity index (χ0v) is 7.40. The summed E-state index contributed by atoms with van der Waals surface area (Å²) in [4.78, 5) is 17.7. The summed E-state index contributed by atoms with van der Waals surface area (Å²) in [7, 11) is -4.14. The maximum Gasteiger partial charge on any atom is 0.356 e. The van der Waals surface area contributed by atoms with Gasteiger partial charge in [0.1, 0.15) is 0 Å². The minimum atomic E-state index is -4.14. The van der Waals surface area contributed by atoms with Gasteiger partial charge in [-0.25, -0.2) is 0 Å². The van der Waals surface area contributed by atoms with E-state index in [1.165, 1.54) is 18.3 Å². The molecule has 1 aromatic heterocycles. The molecular formula is C7H7N2O3P. The Morgan fingerprint density at radius 2 is 2.15 bits per heavy atom. The first-order chi connectivity index (χ1) is 6.07. The molecule has 0 aliphatic heterocycles. The highest BCUT2D eigenvalue weighted by molar-refractivity contribution is 7.60. The number of H-pyrrole nitrogens is 1. The average Bonchev–Trinajstić information content (AvgIpc) is 2.47. The maximum atomic E-state index is 10.9. The second kappa shape index (κ2) is 2.67. The van der Waals surface area contributed by atoms with Gasteiger partial charge in [0.25, 0.3) is 0 Å². The van der Waals surface area contributed by atoms with Gasteiger partial charge < -0.3 is 9.79 Å². The van der Waals surface area contributed by atoms with Crippen molar-refractivity contribution in [1.82, 2.24) is 10.2 Å². The van der Waals surface area contributed by atoms with E-state index in [0.717, 1.165) is 5.52 Å². The fourth-order valence-electron chi connectivity index (χ4n) is 1.11. The summed E-state index contributed by atoms with van der Waals surface area (Å²) in [5.74, 6) is 0. The van der Waals surface area contributed by atoms with Gasteiger partial charge in [0.2, 0.25) is 0 Å². The molecule has 68 valence electrons. The van der Waals surface area contributed by atoms with E-state index in [0.29, 0.717) is 5.39 Å². The Bertz CT molecular complexity index is 487. The van der Waals surface area contributed by atoms with Crippen molar-refractivity contribution in [2.75, 3.05) is 0 Å². The van der Waals surface area contributed by atoms with E-state index in [1.807, 2.05) is 0 Å². The number of aromatic nitrogens is 2. The van der Waals surface area contributed by atoms with Gasteiger partial charge in [-0.15, -0.1) is 0 Å². The number of aromatic amines is 1. The van der Waals surface area contributed by atoms with E-state index in [4.69, 9.17) is 9.79 Å². The van der Waals surface area contributed by atoms with Crippen LogP contribution in [0.5, 0.6) is 0 Å². The Balaban J connectivity index is 2.67. The Labute approximate surface area is 73.6 Å². The summed E-state index contributed by atoms with van der Waals surface area (Å²) in [5, 5.41) is 7.15. The summed E-state index contributed by atoms with van der Waals surface area (Å²) < 4.78 is 10.9. The number of rotatable bonds is 1. The smallest absolute Gasteiger partial charge is 0.321 e. The molecule has 3 N–H and O–H groups in total. The molecule has 2 aromatic rings. The third kappa shape index (κ3) is 1.49. The SMILES string of the molecule is O=P(O)(O)c1ccc2[nH]ncc2c1. The normalized spacial score (nSPS) is 12.2. The highest BCUT2D eigenvalue weighted by atomic mass is 31.2. The van der Waals surface area contributed by atoms with Crippen molar-refractivity contribution in [1.29, 1.82) is 0 Å². The van der Waals surface area contributed by atoms with Crippen molar-refractivity contribution in [3.63, 3.8) is 0 Å². The van der Waals surface area contributed by atoms with Crippen LogP contribution in [0.2, 0.25) is 0 Å². The predicted molar refractivity (Wildman–Crippen MR) is 47.8 cm³/mol. The van der Waals surface area contributed by atoms with Gasteiger partial charge in [-0.2, -0.15) is 5.10 Å². The van der Waals surface area contributed by atoms with Crippen molar-refractivity contribution in [3.8, 4) is 0 Å². The fraction of sp³-hybridized carbons (Fsp3) is 0. The van der Waals surface area contributed by atoms with Gasteiger partial charge in [0, 0.05) is 5.39 Å². The van der Waals surface area contributed by atoms with Gasteiger partial charge in [0.15, 0.2) is 0 Å². The Morgan fingerprint density at radius 3 is 2.85 bits per heavy atom. The minimum absolute atomic E-state index is 0.0152. The molecule has 0 amide bonds. The van der Waals surface area contributed by atoms with E-state index < -0.39 is 7.60 Å². The highest BCUT2D eigenvalue weighted by Gasteiger charge is 2.16. The highest BCUT2D eigenvalue weighted by Crippen LogP contribution is 2.33. The van der Waals surface area contributed by atoms with Crippen molar-refractivity contribution < 1.29 is 14.4 Å². The van der Waals surface area contributed by atoms with Crippen LogP contribution in [0.1, 0.15) is 0 Å². The molecule has 0 atom stereocenters.